The molecule has 0 saturated carbocycles. The number of hydrogen-bond acceptors (Lipinski definition) is 8. The maximum atomic E-state index is 12.9. The first-order valence-corrected chi connectivity index (χ1v) is 43.2. The van der Waals surface area contributed by atoms with Gasteiger partial charge >= 0.3 is 11.9 Å². The Labute approximate surface area is 575 Å². The number of ether oxygens (including phenoxy) is 2. The van der Waals surface area contributed by atoms with Crippen molar-refractivity contribution in [3.8, 4) is 0 Å². The van der Waals surface area contributed by atoms with Crippen LogP contribution in [0.4, 0.5) is 0 Å². The molecule has 0 aliphatic carbocycles. The Morgan fingerprint density at radius 1 is 0.293 bits per heavy atom. The standard InChI is InChI=1S/C82H164NO8P/c1-6-8-10-12-14-16-18-20-22-24-26-28-30-32-34-36-38-40-41-43-45-47-49-51-53-55-57-59-61-63-65-67-69-71-73-75-82(85)91-80(79-90-92(86,87)89-77-76-83(3,4)5)78-88-81(84)74-72-70-68-66-64-62-60-58-56-54-52-50-48-46-44-42-39-37-35-33-31-29-27-25-23-21-19-17-15-13-11-9-7-2/h80H,6-79H2,1-5H3. The number of rotatable bonds is 80. The van der Waals surface area contributed by atoms with Gasteiger partial charge in [0.25, 0.3) is 7.82 Å². The van der Waals surface area contributed by atoms with Gasteiger partial charge in [0.05, 0.1) is 27.7 Å². The number of esters is 2. The Balaban J connectivity index is 3.86. The van der Waals surface area contributed by atoms with Crippen LogP contribution in [0.1, 0.15) is 463 Å². The van der Waals surface area contributed by atoms with Crippen LogP contribution < -0.4 is 4.89 Å². The van der Waals surface area contributed by atoms with E-state index in [4.69, 9.17) is 18.5 Å². The number of carbonyl (C=O) groups is 2. The third-order valence-electron chi connectivity index (χ3n) is 19.6. The van der Waals surface area contributed by atoms with Gasteiger partial charge in [-0.3, -0.25) is 14.2 Å². The molecule has 0 radical (unpaired) electrons. The summed E-state index contributed by atoms with van der Waals surface area (Å²) in [4.78, 5) is 38.2. The molecule has 9 nitrogen and oxygen atoms in total. The SMILES string of the molecule is CCCCCCCCCCCCCCCCCCCCCCCCCCCCCCCCCCCCCC(=O)OC(COC(=O)CCCCCCCCCCCCCCCCCCCCCCCCCCCCCCCCCCC)COP(=O)([O-])OCC[N+](C)(C)C. The molecule has 0 spiro atoms. The monoisotopic (exact) mass is 1320 g/mol. The molecule has 0 amide bonds. The number of phosphoric acid groups is 1. The smallest absolute Gasteiger partial charge is 0.306 e. The summed E-state index contributed by atoms with van der Waals surface area (Å²) in [6.45, 7) is 4.35. The van der Waals surface area contributed by atoms with Gasteiger partial charge in [0.15, 0.2) is 6.10 Å². The van der Waals surface area contributed by atoms with Crippen LogP contribution in [0, 0.1) is 0 Å². The van der Waals surface area contributed by atoms with Gasteiger partial charge in [-0.15, -0.1) is 0 Å². The summed E-state index contributed by atoms with van der Waals surface area (Å²) in [6.07, 6.45) is 92.6. The second-order valence-corrected chi connectivity index (χ2v) is 31.6. The molecule has 0 aromatic heterocycles. The van der Waals surface area contributed by atoms with Crippen molar-refractivity contribution >= 4 is 19.8 Å². The van der Waals surface area contributed by atoms with Crippen molar-refractivity contribution in [3.63, 3.8) is 0 Å². The highest BCUT2D eigenvalue weighted by Gasteiger charge is 2.22. The van der Waals surface area contributed by atoms with Gasteiger partial charge in [0.1, 0.15) is 19.8 Å². The second kappa shape index (κ2) is 74.2. The molecular weight excluding hydrogens is 1160 g/mol. The minimum absolute atomic E-state index is 0.0246. The number of carbonyl (C=O) groups excluding carboxylic acids is 2. The van der Waals surface area contributed by atoms with E-state index in [-0.39, 0.29) is 32.0 Å². The Morgan fingerprint density at radius 2 is 0.489 bits per heavy atom. The van der Waals surface area contributed by atoms with Crippen LogP contribution in [-0.4, -0.2) is 70.0 Å². The van der Waals surface area contributed by atoms with Crippen molar-refractivity contribution in [3.05, 3.63) is 0 Å². The molecule has 0 aliphatic rings. The summed E-state index contributed by atoms with van der Waals surface area (Å²) in [5.41, 5.74) is 0. The van der Waals surface area contributed by atoms with Crippen molar-refractivity contribution in [2.45, 2.75) is 469 Å². The quantitative estimate of drug-likeness (QED) is 0.0256. The number of hydrogen-bond donors (Lipinski definition) is 0. The van der Waals surface area contributed by atoms with Gasteiger partial charge in [0.2, 0.25) is 0 Å². The first kappa shape index (κ1) is 91.0. The number of nitrogens with zero attached hydrogens (tertiary/aromatic N) is 1. The van der Waals surface area contributed by atoms with Crippen molar-refractivity contribution < 1.29 is 42.1 Å². The van der Waals surface area contributed by atoms with Crippen molar-refractivity contribution in [1.29, 1.82) is 0 Å². The molecule has 0 aliphatic heterocycles. The molecular formula is C82H164NO8P. The van der Waals surface area contributed by atoms with Crippen LogP contribution in [-0.2, 0) is 32.7 Å². The van der Waals surface area contributed by atoms with E-state index in [1.54, 1.807) is 0 Å². The second-order valence-electron chi connectivity index (χ2n) is 30.2. The van der Waals surface area contributed by atoms with E-state index in [1.807, 2.05) is 21.1 Å². The topological polar surface area (TPSA) is 111 Å². The van der Waals surface area contributed by atoms with E-state index in [0.29, 0.717) is 17.4 Å². The Kier molecular flexibility index (Phi) is 73.4. The lowest BCUT2D eigenvalue weighted by atomic mass is 10.0. The van der Waals surface area contributed by atoms with Crippen LogP contribution in [0.15, 0.2) is 0 Å². The summed E-state index contributed by atoms with van der Waals surface area (Å²) >= 11 is 0. The molecule has 10 heteroatoms. The summed E-state index contributed by atoms with van der Waals surface area (Å²) in [5, 5.41) is 0. The fourth-order valence-corrected chi connectivity index (χ4v) is 14.0. The van der Waals surface area contributed by atoms with Crippen molar-refractivity contribution in [2.75, 3.05) is 47.5 Å². The fraction of sp³-hybridized carbons (Fsp3) is 0.976. The van der Waals surface area contributed by atoms with E-state index in [9.17, 15) is 19.0 Å². The fourth-order valence-electron chi connectivity index (χ4n) is 13.3. The van der Waals surface area contributed by atoms with Crippen molar-refractivity contribution in [2.24, 2.45) is 0 Å². The average Bonchev–Trinajstić information content (AvgIpc) is 2.14. The molecule has 2 atom stereocenters. The lowest BCUT2D eigenvalue weighted by molar-refractivity contribution is -0.870. The highest BCUT2D eigenvalue weighted by molar-refractivity contribution is 7.45. The molecule has 0 rings (SSSR count). The zero-order valence-corrected chi connectivity index (χ0v) is 64.0. The lowest BCUT2D eigenvalue weighted by Gasteiger charge is -2.28. The van der Waals surface area contributed by atoms with E-state index in [0.717, 1.165) is 32.1 Å². The van der Waals surface area contributed by atoms with Gasteiger partial charge in [-0.05, 0) is 12.8 Å². The summed E-state index contributed by atoms with van der Waals surface area (Å²) in [7, 11) is 1.20. The van der Waals surface area contributed by atoms with Gasteiger partial charge in [-0.1, -0.05) is 438 Å². The van der Waals surface area contributed by atoms with E-state index >= 15 is 0 Å². The zero-order chi connectivity index (χ0) is 66.9. The van der Waals surface area contributed by atoms with Crippen molar-refractivity contribution in [1.82, 2.24) is 0 Å². The highest BCUT2D eigenvalue weighted by Crippen LogP contribution is 2.38. The third-order valence-corrected chi connectivity index (χ3v) is 20.6. The van der Waals surface area contributed by atoms with Gasteiger partial charge < -0.3 is 27.9 Å². The molecule has 0 N–H and O–H groups in total. The molecule has 0 aromatic rings. The summed E-state index contributed by atoms with van der Waals surface area (Å²) in [5.74, 6) is -0.799. The van der Waals surface area contributed by atoms with Gasteiger partial charge in [0, 0.05) is 12.8 Å². The zero-order valence-electron chi connectivity index (χ0n) is 63.1. The van der Waals surface area contributed by atoms with E-state index in [1.165, 1.54) is 398 Å². The maximum Gasteiger partial charge on any atom is 0.306 e. The molecule has 0 saturated heterocycles. The lowest BCUT2D eigenvalue weighted by Crippen LogP contribution is -2.37. The minimum Gasteiger partial charge on any atom is -0.756 e. The maximum absolute atomic E-state index is 12.9. The van der Waals surface area contributed by atoms with Crippen LogP contribution in [0.3, 0.4) is 0 Å². The van der Waals surface area contributed by atoms with Gasteiger partial charge in [-0.2, -0.15) is 0 Å². The van der Waals surface area contributed by atoms with Crippen LogP contribution in [0.2, 0.25) is 0 Å². The van der Waals surface area contributed by atoms with Crippen LogP contribution in [0.5, 0.6) is 0 Å². The molecule has 550 valence electrons. The van der Waals surface area contributed by atoms with E-state index in [2.05, 4.69) is 13.8 Å². The predicted molar refractivity (Wildman–Crippen MR) is 398 cm³/mol. The minimum atomic E-state index is -4.64. The Hall–Kier alpha value is -0.990. The summed E-state index contributed by atoms with van der Waals surface area (Å²) < 4.78 is 34.5. The normalized spacial score (nSPS) is 12.9. The van der Waals surface area contributed by atoms with Gasteiger partial charge in [-0.25, -0.2) is 0 Å². The average molecular weight is 1320 g/mol. The molecule has 0 bridgehead atoms. The predicted octanol–water partition coefficient (Wildman–Crippen LogP) is 27.0. The first-order valence-electron chi connectivity index (χ1n) is 41.7. The largest absolute Gasteiger partial charge is 0.756 e. The molecule has 0 aromatic carbocycles. The Bertz CT molecular complexity index is 1510. The number of unbranched alkanes of at least 4 members (excludes halogenated alkanes) is 66. The number of quaternary nitrogens is 1. The first-order chi connectivity index (χ1) is 45.0. The van der Waals surface area contributed by atoms with Crippen LogP contribution in [0.25, 0.3) is 0 Å². The highest BCUT2D eigenvalue weighted by atomic mass is 31.2. The van der Waals surface area contributed by atoms with Crippen LogP contribution >= 0.6 is 7.82 Å². The molecule has 0 fully saturated rings. The summed E-state index contributed by atoms with van der Waals surface area (Å²) in [6, 6.07) is 0. The number of phosphoric ester groups is 1. The molecule has 92 heavy (non-hydrogen) atoms. The molecule has 0 heterocycles. The van der Waals surface area contributed by atoms with E-state index < -0.39 is 26.5 Å². The molecule has 2 unspecified atom stereocenters. The Morgan fingerprint density at radius 3 is 0.696 bits per heavy atom. The number of likely N-dealkylation sites (N-methyl/N-ethyl adjacent to an activating group) is 1. The third kappa shape index (κ3) is 78.0.